The first-order chi connectivity index (χ1) is 9.66. The summed E-state index contributed by atoms with van der Waals surface area (Å²) in [6, 6.07) is 1.80. The molecule has 1 aromatic rings. The molecule has 0 bridgehead atoms. The molecule has 1 amide bonds. The molecule has 0 aromatic carbocycles. The second-order valence-electron chi connectivity index (χ2n) is 5.33. The van der Waals surface area contributed by atoms with Crippen molar-refractivity contribution in [3.8, 4) is 0 Å². The van der Waals surface area contributed by atoms with Crippen LogP contribution < -0.4 is 4.90 Å². The summed E-state index contributed by atoms with van der Waals surface area (Å²) < 4.78 is 0. The largest absolute Gasteiger partial charge is 0.339 e. The van der Waals surface area contributed by atoms with Crippen LogP contribution in [-0.2, 0) is 4.79 Å². The number of hydrogen-bond donors (Lipinski definition) is 0. The number of anilines is 1. The number of amides is 1. The molecule has 0 N–H and O–H groups in total. The Labute approximate surface area is 117 Å². The molecule has 20 heavy (non-hydrogen) atoms. The van der Waals surface area contributed by atoms with Gasteiger partial charge in [-0.15, -0.1) is 0 Å². The second kappa shape index (κ2) is 5.15. The molecule has 3 rings (SSSR count). The molecule has 106 valence electrons. The van der Waals surface area contributed by atoms with Crippen LogP contribution in [0.3, 0.4) is 0 Å². The van der Waals surface area contributed by atoms with Gasteiger partial charge in [-0.25, -0.2) is 9.97 Å². The highest BCUT2D eigenvalue weighted by Crippen LogP contribution is 2.32. The Morgan fingerprint density at radius 1 is 1.20 bits per heavy atom. The number of nitrogens with zero attached hydrogens (tertiary/aromatic N) is 6. The molecular formula is C13H18N6O. The Hall–Kier alpha value is -2.05. The number of carbonyl (C=O) groups is 1. The fourth-order valence-corrected chi connectivity index (χ4v) is 2.30. The standard InChI is InChI=1S/C13H18N6O/c1-13(16-17-13)4-3-11(20)18-7-9-19(10-8-18)12-14-5-2-6-15-12/h2,5-6H,3-4,7-10H2,1H3. The first-order valence-electron chi connectivity index (χ1n) is 6.90. The van der Waals surface area contributed by atoms with E-state index >= 15 is 0 Å². The van der Waals surface area contributed by atoms with Crippen molar-refractivity contribution >= 4 is 11.9 Å². The Morgan fingerprint density at radius 3 is 2.45 bits per heavy atom. The van der Waals surface area contributed by atoms with Crippen LogP contribution in [0.2, 0.25) is 0 Å². The third-order valence-corrected chi connectivity index (χ3v) is 3.72. The molecule has 0 atom stereocenters. The maximum atomic E-state index is 12.1. The third-order valence-electron chi connectivity index (χ3n) is 3.72. The monoisotopic (exact) mass is 274 g/mol. The minimum Gasteiger partial charge on any atom is -0.339 e. The van der Waals surface area contributed by atoms with Crippen LogP contribution in [0.1, 0.15) is 19.8 Å². The van der Waals surface area contributed by atoms with E-state index in [0.29, 0.717) is 12.8 Å². The summed E-state index contributed by atoms with van der Waals surface area (Å²) in [6.07, 6.45) is 4.71. The van der Waals surface area contributed by atoms with E-state index in [1.807, 2.05) is 11.8 Å². The zero-order valence-corrected chi connectivity index (χ0v) is 11.6. The van der Waals surface area contributed by atoms with E-state index in [1.165, 1.54) is 0 Å². The van der Waals surface area contributed by atoms with E-state index in [1.54, 1.807) is 18.5 Å². The van der Waals surface area contributed by atoms with Crippen LogP contribution in [-0.4, -0.2) is 52.6 Å². The van der Waals surface area contributed by atoms with Crippen LogP contribution in [0.5, 0.6) is 0 Å². The number of hydrogen-bond acceptors (Lipinski definition) is 6. The van der Waals surface area contributed by atoms with Crippen molar-refractivity contribution in [3.63, 3.8) is 0 Å². The molecular weight excluding hydrogens is 256 g/mol. The quantitative estimate of drug-likeness (QED) is 0.823. The zero-order chi connectivity index (χ0) is 14.0. The van der Waals surface area contributed by atoms with E-state index in [4.69, 9.17) is 0 Å². The van der Waals surface area contributed by atoms with Gasteiger partial charge in [0.15, 0.2) is 5.66 Å². The van der Waals surface area contributed by atoms with Gasteiger partial charge in [0.1, 0.15) is 0 Å². The van der Waals surface area contributed by atoms with Crippen molar-refractivity contribution in [1.29, 1.82) is 0 Å². The molecule has 1 saturated heterocycles. The first kappa shape index (κ1) is 13.0. The van der Waals surface area contributed by atoms with Gasteiger partial charge >= 0.3 is 0 Å². The number of carbonyl (C=O) groups excluding carboxylic acids is 1. The van der Waals surface area contributed by atoms with Crippen molar-refractivity contribution in [3.05, 3.63) is 18.5 Å². The van der Waals surface area contributed by atoms with Gasteiger partial charge in [0, 0.05) is 51.4 Å². The third kappa shape index (κ3) is 2.92. The predicted octanol–water partition coefficient (Wildman–Crippen LogP) is 1.09. The van der Waals surface area contributed by atoms with E-state index in [9.17, 15) is 4.79 Å². The summed E-state index contributed by atoms with van der Waals surface area (Å²) in [7, 11) is 0. The van der Waals surface area contributed by atoms with E-state index in [-0.39, 0.29) is 11.6 Å². The minimum atomic E-state index is -0.282. The Kier molecular flexibility index (Phi) is 3.33. The molecule has 1 fully saturated rings. The highest BCUT2D eigenvalue weighted by Gasteiger charge is 2.34. The van der Waals surface area contributed by atoms with Gasteiger partial charge < -0.3 is 9.80 Å². The van der Waals surface area contributed by atoms with Crippen LogP contribution in [0.25, 0.3) is 0 Å². The summed E-state index contributed by atoms with van der Waals surface area (Å²) in [5, 5.41) is 7.87. The maximum absolute atomic E-state index is 12.1. The normalized spacial score (nSPS) is 20.1. The maximum Gasteiger partial charge on any atom is 0.225 e. The average molecular weight is 274 g/mol. The highest BCUT2D eigenvalue weighted by atomic mass is 16.2. The molecule has 0 saturated carbocycles. The molecule has 7 nitrogen and oxygen atoms in total. The van der Waals surface area contributed by atoms with Crippen LogP contribution >= 0.6 is 0 Å². The lowest BCUT2D eigenvalue weighted by molar-refractivity contribution is -0.131. The lowest BCUT2D eigenvalue weighted by Gasteiger charge is -2.34. The number of rotatable bonds is 4. The molecule has 7 heteroatoms. The van der Waals surface area contributed by atoms with Crippen LogP contribution in [0.15, 0.2) is 28.7 Å². The summed E-state index contributed by atoms with van der Waals surface area (Å²) in [5.74, 6) is 0.930. The van der Waals surface area contributed by atoms with Gasteiger partial charge in [-0.3, -0.25) is 4.79 Å². The highest BCUT2D eigenvalue weighted by molar-refractivity contribution is 5.76. The van der Waals surface area contributed by atoms with Crippen molar-refractivity contribution in [1.82, 2.24) is 14.9 Å². The molecule has 0 spiro atoms. The summed E-state index contributed by atoms with van der Waals surface area (Å²) in [5.41, 5.74) is -0.282. The smallest absolute Gasteiger partial charge is 0.225 e. The zero-order valence-electron chi connectivity index (χ0n) is 11.6. The van der Waals surface area contributed by atoms with Gasteiger partial charge in [-0.2, -0.15) is 10.2 Å². The van der Waals surface area contributed by atoms with Gasteiger partial charge in [-0.1, -0.05) is 0 Å². The average Bonchev–Trinajstić information content (AvgIpc) is 3.24. The topological polar surface area (TPSA) is 74.1 Å². The van der Waals surface area contributed by atoms with Crippen LogP contribution in [0.4, 0.5) is 5.95 Å². The molecule has 2 aliphatic heterocycles. The SMILES string of the molecule is CC1(CCC(=O)N2CCN(c3ncccn3)CC2)N=N1. The van der Waals surface area contributed by atoms with Crippen molar-refractivity contribution in [2.45, 2.75) is 25.4 Å². The number of piperazine rings is 1. The van der Waals surface area contributed by atoms with Gasteiger partial charge in [0.25, 0.3) is 0 Å². The van der Waals surface area contributed by atoms with E-state index < -0.39 is 0 Å². The van der Waals surface area contributed by atoms with Crippen molar-refractivity contribution in [2.75, 3.05) is 31.1 Å². The molecule has 0 aliphatic carbocycles. The fraction of sp³-hybridized carbons (Fsp3) is 0.615. The Balaban J connectivity index is 1.47. The molecule has 2 aliphatic rings. The summed E-state index contributed by atoms with van der Waals surface area (Å²) in [6.45, 7) is 4.96. The van der Waals surface area contributed by atoms with Crippen molar-refractivity contribution < 1.29 is 4.79 Å². The number of aromatic nitrogens is 2. The van der Waals surface area contributed by atoms with Gasteiger partial charge in [-0.05, 0) is 13.0 Å². The Bertz CT molecular complexity index is 503. The van der Waals surface area contributed by atoms with Crippen LogP contribution in [0, 0.1) is 0 Å². The van der Waals surface area contributed by atoms with Gasteiger partial charge in [0.2, 0.25) is 11.9 Å². The molecule has 1 aromatic heterocycles. The molecule has 0 unspecified atom stereocenters. The summed E-state index contributed by atoms with van der Waals surface area (Å²) in [4.78, 5) is 24.6. The van der Waals surface area contributed by atoms with Crippen molar-refractivity contribution in [2.24, 2.45) is 10.2 Å². The fourth-order valence-electron chi connectivity index (χ4n) is 2.30. The minimum absolute atomic E-state index is 0.192. The van der Waals surface area contributed by atoms with E-state index in [0.717, 1.165) is 32.1 Å². The lowest BCUT2D eigenvalue weighted by atomic mass is 10.1. The second-order valence-corrected chi connectivity index (χ2v) is 5.33. The summed E-state index contributed by atoms with van der Waals surface area (Å²) >= 11 is 0. The van der Waals surface area contributed by atoms with E-state index in [2.05, 4.69) is 25.1 Å². The van der Waals surface area contributed by atoms with Gasteiger partial charge in [0.05, 0.1) is 0 Å². The Morgan fingerprint density at radius 2 is 1.85 bits per heavy atom. The predicted molar refractivity (Wildman–Crippen MR) is 73.3 cm³/mol. The lowest BCUT2D eigenvalue weighted by Crippen LogP contribution is -2.49. The first-order valence-corrected chi connectivity index (χ1v) is 6.90. The molecule has 0 radical (unpaired) electrons. The molecule has 3 heterocycles.